The first-order valence-electron chi connectivity index (χ1n) is 9.31. The smallest absolute Gasteiger partial charge is 0.481 e. The van der Waals surface area contributed by atoms with Gasteiger partial charge in [-0.05, 0) is 52.2 Å². The Morgan fingerprint density at radius 3 is 2.04 bits per heavy atom. The molecular weight excluding hydrogens is 341 g/mol. The van der Waals surface area contributed by atoms with E-state index in [9.17, 15) is 9.90 Å². The molecule has 1 saturated carbocycles. The largest absolute Gasteiger partial charge is 0.496 e. The molecule has 27 heavy (non-hydrogen) atoms. The van der Waals surface area contributed by atoms with E-state index in [0.29, 0.717) is 12.8 Å². The zero-order chi connectivity index (χ0) is 19.4. The van der Waals surface area contributed by atoms with Gasteiger partial charge in [-0.3, -0.25) is 9.78 Å². The number of pyridine rings is 1. The third-order valence-corrected chi connectivity index (χ3v) is 6.20. The molecule has 0 amide bonds. The predicted molar refractivity (Wildman–Crippen MR) is 104 cm³/mol. The monoisotopic (exact) mass is 365 g/mol. The van der Waals surface area contributed by atoms with Crippen molar-refractivity contribution in [2.75, 3.05) is 0 Å². The molecule has 0 bridgehead atoms. The Bertz CT molecular complexity index is 854. The quantitative estimate of drug-likeness (QED) is 0.843. The number of carboxylic acids is 1. The van der Waals surface area contributed by atoms with Crippen LogP contribution in [-0.2, 0) is 19.5 Å². The second kappa shape index (κ2) is 5.91. The highest BCUT2D eigenvalue weighted by Gasteiger charge is 2.52. The molecule has 0 radical (unpaired) electrons. The molecule has 1 aliphatic heterocycles. The van der Waals surface area contributed by atoms with Crippen LogP contribution >= 0.6 is 0 Å². The molecule has 0 unspecified atom stereocenters. The third-order valence-electron chi connectivity index (χ3n) is 6.20. The number of carboxylic acid groups (broad SMARTS) is 1. The fourth-order valence-corrected chi connectivity index (χ4v) is 3.41. The summed E-state index contributed by atoms with van der Waals surface area (Å²) in [5, 5.41) is 9.42. The predicted octanol–water partition coefficient (Wildman–Crippen LogP) is 3.16. The SMILES string of the molecule is CC1(C)OB(c2ccc(-c3ccc(C4(C(=O)O)CC4)cc3)nc2)OC1(C)C. The number of carbonyl (C=O) groups is 1. The summed E-state index contributed by atoms with van der Waals surface area (Å²) in [5.74, 6) is -0.736. The summed E-state index contributed by atoms with van der Waals surface area (Å²) < 4.78 is 12.1. The highest BCUT2D eigenvalue weighted by molar-refractivity contribution is 6.62. The maximum atomic E-state index is 11.5. The second-order valence-corrected chi connectivity index (χ2v) is 8.53. The first-order valence-corrected chi connectivity index (χ1v) is 9.31. The van der Waals surface area contributed by atoms with Crippen LogP contribution < -0.4 is 5.46 Å². The van der Waals surface area contributed by atoms with Crippen molar-refractivity contribution >= 4 is 18.6 Å². The first-order chi connectivity index (χ1) is 12.6. The molecule has 1 aliphatic carbocycles. The Morgan fingerprint density at radius 2 is 1.59 bits per heavy atom. The molecule has 6 heteroatoms. The van der Waals surface area contributed by atoms with Crippen LogP contribution in [-0.4, -0.2) is 34.4 Å². The van der Waals surface area contributed by atoms with Crippen molar-refractivity contribution in [1.29, 1.82) is 0 Å². The number of rotatable bonds is 4. The van der Waals surface area contributed by atoms with Crippen molar-refractivity contribution in [3.05, 3.63) is 48.2 Å². The van der Waals surface area contributed by atoms with Crippen LogP contribution in [0.2, 0.25) is 0 Å². The lowest BCUT2D eigenvalue weighted by molar-refractivity contribution is -0.140. The number of benzene rings is 1. The summed E-state index contributed by atoms with van der Waals surface area (Å²) in [5.41, 5.74) is 2.11. The minimum atomic E-state index is -0.736. The first kappa shape index (κ1) is 18.2. The summed E-state index contributed by atoms with van der Waals surface area (Å²) in [6.45, 7) is 8.11. The molecule has 2 aromatic rings. The van der Waals surface area contributed by atoms with Crippen molar-refractivity contribution in [3.8, 4) is 11.3 Å². The number of aliphatic carboxylic acids is 1. The van der Waals surface area contributed by atoms with Gasteiger partial charge in [0, 0.05) is 17.2 Å². The Morgan fingerprint density at radius 1 is 1.00 bits per heavy atom. The molecule has 0 spiro atoms. The highest BCUT2D eigenvalue weighted by atomic mass is 16.7. The van der Waals surface area contributed by atoms with E-state index in [1.54, 1.807) is 6.20 Å². The van der Waals surface area contributed by atoms with E-state index in [1.807, 2.05) is 64.1 Å². The molecule has 5 nitrogen and oxygen atoms in total. The number of nitrogens with zero attached hydrogens (tertiary/aromatic N) is 1. The topological polar surface area (TPSA) is 68.7 Å². The molecule has 1 aromatic carbocycles. The summed E-state index contributed by atoms with van der Waals surface area (Å²) in [6.07, 6.45) is 3.20. The average Bonchev–Trinajstić information content (AvgIpc) is 3.39. The maximum absolute atomic E-state index is 11.5. The molecular formula is C21H24BNO4. The van der Waals surface area contributed by atoms with Crippen molar-refractivity contribution < 1.29 is 19.2 Å². The lowest BCUT2D eigenvalue weighted by atomic mass is 9.80. The Kier molecular flexibility index (Phi) is 3.98. The lowest BCUT2D eigenvalue weighted by Crippen LogP contribution is -2.41. The van der Waals surface area contributed by atoms with E-state index in [4.69, 9.17) is 9.31 Å². The van der Waals surface area contributed by atoms with E-state index in [1.165, 1.54) is 0 Å². The Hall–Kier alpha value is -2.18. The third kappa shape index (κ3) is 2.97. The Balaban J connectivity index is 1.53. The second-order valence-electron chi connectivity index (χ2n) is 8.53. The molecule has 4 rings (SSSR count). The van der Waals surface area contributed by atoms with Gasteiger partial charge in [0.05, 0.1) is 22.3 Å². The lowest BCUT2D eigenvalue weighted by Gasteiger charge is -2.32. The molecule has 2 heterocycles. The van der Waals surface area contributed by atoms with Crippen LogP contribution in [0.25, 0.3) is 11.3 Å². The van der Waals surface area contributed by atoms with Gasteiger partial charge in [0.25, 0.3) is 0 Å². The van der Waals surface area contributed by atoms with Gasteiger partial charge < -0.3 is 14.4 Å². The van der Waals surface area contributed by atoms with Gasteiger partial charge in [0.15, 0.2) is 0 Å². The van der Waals surface area contributed by atoms with Crippen LogP contribution in [0.5, 0.6) is 0 Å². The molecule has 140 valence electrons. The minimum Gasteiger partial charge on any atom is -0.481 e. The highest BCUT2D eigenvalue weighted by Crippen LogP contribution is 2.48. The molecule has 1 N–H and O–H groups in total. The zero-order valence-electron chi connectivity index (χ0n) is 16.2. The number of hydrogen-bond acceptors (Lipinski definition) is 4. The van der Waals surface area contributed by atoms with Gasteiger partial charge in [-0.15, -0.1) is 0 Å². The van der Waals surface area contributed by atoms with E-state index in [0.717, 1.165) is 22.3 Å². The van der Waals surface area contributed by atoms with Crippen LogP contribution in [0.1, 0.15) is 46.1 Å². The van der Waals surface area contributed by atoms with Crippen LogP contribution in [0, 0.1) is 0 Å². The zero-order valence-corrected chi connectivity index (χ0v) is 16.2. The van der Waals surface area contributed by atoms with Crippen LogP contribution in [0.15, 0.2) is 42.6 Å². The van der Waals surface area contributed by atoms with Gasteiger partial charge >= 0.3 is 13.1 Å². The van der Waals surface area contributed by atoms with Crippen molar-refractivity contribution in [3.63, 3.8) is 0 Å². The van der Waals surface area contributed by atoms with Crippen LogP contribution in [0.4, 0.5) is 0 Å². The van der Waals surface area contributed by atoms with Crippen LogP contribution in [0.3, 0.4) is 0 Å². The fourth-order valence-electron chi connectivity index (χ4n) is 3.41. The Labute approximate surface area is 159 Å². The van der Waals surface area contributed by atoms with Crippen molar-refractivity contribution in [1.82, 2.24) is 4.98 Å². The average molecular weight is 365 g/mol. The molecule has 1 saturated heterocycles. The van der Waals surface area contributed by atoms with E-state index in [-0.39, 0.29) is 11.2 Å². The normalized spacial score (nSPS) is 21.9. The summed E-state index contributed by atoms with van der Waals surface area (Å²) in [4.78, 5) is 16.0. The number of hydrogen-bond donors (Lipinski definition) is 1. The summed E-state index contributed by atoms with van der Waals surface area (Å²) in [6, 6.07) is 11.6. The van der Waals surface area contributed by atoms with E-state index in [2.05, 4.69) is 4.98 Å². The summed E-state index contributed by atoms with van der Waals surface area (Å²) in [7, 11) is -0.427. The molecule has 0 atom stereocenters. The summed E-state index contributed by atoms with van der Waals surface area (Å²) >= 11 is 0. The van der Waals surface area contributed by atoms with Gasteiger partial charge in [-0.25, -0.2) is 0 Å². The van der Waals surface area contributed by atoms with Crippen molar-refractivity contribution in [2.24, 2.45) is 0 Å². The van der Waals surface area contributed by atoms with Crippen molar-refractivity contribution in [2.45, 2.75) is 57.2 Å². The van der Waals surface area contributed by atoms with Gasteiger partial charge in [-0.1, -0.05) is 30.3 Å². The molecule has 1 aromatic heterocycles. The van der Waals surface area contributed by atoms with Gasteiger partial charge in [0.2, 0.25) is 0 Å². The minimum absolute atomic E-state index is 0.380. The fraction of sp³-hybridized carbons (Fsp3) is 0.429. The van der Waals surface area contributed by atoms with E-state index >= 15 is 0 Å². The van der Waals surface area contributed by atoms with E-state index < -0.39 is 18.5 Å². The molecule has 2 fully saturated rings. The standard InChI is InChI=1S/C21H24BNO4/c1-19(2)20(3,4)27-22(26-19)16-9-10-17(23-13-16)14-5-7-15(8-6-14)21(11-12-21)18(24)25/h5-10,13H,11-12H2,1-4H3,(H,24,25). The number of aromatic nitrogens is 1. The van der Waals surface area contributed by atoms with Gasteiger partial charge in [-0.2, -0.15) is 0 Å². The maximum Gasteiger partial charge on any atom is 0.496 e. The van der Waals surface area contributed by atoms with Gasteiger partial charge in [0.1, 0.15) is 0 Å². The molecule has 2 aliphatic rings.